The van der Waals surface area contributed by atoms with E-state index in [1.807, 2.05) is 7.05 Å². The van der Waals surface area contributed by atoms with E-state index in [1.54, 1.807) is 0 Å². The number of aromatic nitrogens is 2. The van der Waals surface area contributed by atoms with Crippen LogP contribution in [0.2, 0.25) is 0 Å². The Morgan fingerprint density at radius 1 is 1.15 bits per heavy atom. The Hall–Kier alpha value is -1.13. The molecule has 1 aromatic carbocycles. The van der Waals surface area contributed by atoms with E-state index < -0.39 is 0 Å². The third-order valence-electron chi connectivity index (χ3n) is 3.89. The van der Waals surface area contributed by atoms with Crippen LogP contribution < -0.4 is 5.73 Å². The smallest absolute Gasteiger partial charge is 0.127 e. The van der Waals surface area contributed by atoms with Crippen molar-refractivity contribution in [2.45, 2.75) is 40.2 Å². The van der Waals surface area contributed by atoms with E-state index in [0.717, 1.165) is 23.3 Å². The Kier molecular flexibility index (Phi) is 4.66. The van der Waals surface area contributed by atoms with Crippen LogP contribution in [0.1, 0.15) is 33.8 Å². The maximum Gasteiger partial charge on any atom is 0.127 e. The summed E-state index contributed by atoms with van der Waals surface area (Å²) in [6.45, 7) is 7.00. The minimum atomic E-state index is 0.470. The van der Waals surface area contributed by atoms with Crippen molar-refractivity contribution in [1.29, 1.82) is 0 Å². The van der Waals surface area contributed by atoms with Crippen LogP contribution in [-0.2, 0) is 26.4 Å². The number of nitrogens with two attached hydrogens (primary N) is 1. The molecule has 0 bridgehead atoms. The number of halogens is 1. The summed E-state index contributed by atoms with van der Waals surface area (Å²) in [5, 5.41) is 0. The summed E-state index contributed by atoms with van der Waals surface area (Å²) in [6, 6.07) is 4.51. The highest BCUT2D eigenvalue weighted by Crippen LogP contribution is 2.22. The molecule has 0 aliphatic carbocycles. The molecule has 0 fully saturated rings. The van der Waals surface area contributed by atoms with Crippen LogP contribution in [0.25, 0.3) is 0 Å². The first kappa shape index (κ1) is 15.3. The predicted molar refractivity (Wildman–Crippen MR) is 86.9 cm³/mol. The Morgan fingerprint density at radius 3 is 2.25 bits per heavy atom. The van der Waals surface area contributed by atoms with Gasteiger partial charge in [0.1, 0.15) is 10.4 Å². The molecule has 108 valence electrons. The highest BCUT2D eigenvalue weighted by Gasteiger charge is 2.13. The van der Waals surface area contributed by atoms with Gasteiger partial charge in [0.15, 0.2) is 0 Å². The lowest BCUT2D eigenvalue weighted by molar-refractivity contribution is 0.737. The number of imidazole rings is 1. The van der Waals surface area contributed by atoms with Gasteiger partial charge in [0.25, 0.3) is 0 Å². The summed E-state index contributed by atoms with van der Waals surface area (Å²) in [5.74, 6) is 0.921. The highest BCUT2D eigenvalue weighted by molar-refractivity contribution is 9.10. The lowest BCUT2D eigenvalue weighted by Gasteiger charge is -2.12. The largest absolute Gasteiger partial charge is 0.333 e. The standard InChI is InChI=1S/C16H22BrN3/c1-10-7-11(2)13(12(3)8-10)5-6-14-16(17)19-15(9-18)20(14)4/h7-8H,5-6,9,18H2,1-4H3. The van der Waals surface area contributed by atoms with Gasteiger partial charge in [-0.2, -0.15) is 0 Å². The summed E-state index contributed by atoms with van der Waals surface area (Å²) in [6.07, 6.45) is 1.99. The summed E-state index contributed by atoms with van der Waals surface area (Å²) in [4.78, 5) is 4.45. The van der Waals surface area contributed by atoms with Crippen molar-refractivity contribution in [3.05, 3.63) is 50.5 Å². The SMILES string of the molecule is Cc1cc(C)c(CCc2c(Br)nc(CN)n2C)c(C)c1. The van der Waals surface area contributed by atoms with E-state index in [4.69, 9.17) is 5.73 Å². The fourth-order valence-electron chi connectivity index (χ4n) is 2.85. The van der Waals surface area contributed by atoms with Crippen molar-refractivity contribution < 1.29 is 0 Å². The van der Waals surface area contributed by atoms with Crippen LogP contribution in [0, 0.1) is 20.8 Å². The molecule has 0 aliphatic rings. The van der Waals surface area contributed by atoms with E-state index in [2.05, 4.69) is 58.4 Å². The second-order valence-electron chi connectivity index (χ2n) is 5.41. The van der Waals surface area contributed by atoms with Crippen molar-refractivity contribution in [3.8, 4) is 0 Å². The molecule has 0 unspecified atom stereocenters. The minimum Gasteiger partial charge on any atom is -0.333 e. The molecule has 1 heterocycles. The van der Waals surface area contributed by atoms with Crippen molar-refractivity contribution in [2.75, 3.05) is 0 Å². The van der Waals surface area contributed by atoms with E-state index in [9.17, 15) is 0 Å². The zero-order valence-corrected chi connectivity index (χ0v) is 14.2. The van der Waals surface area contributed by atoms with Gasteiger partial charge < -0.3 is 10.3 Å². The van der Waals surface area contributed by atoms with Crippen molar-refractivity contribution in [3.63, 3.8) is 0 Å². The molecule has 0 radical (unpaired) electrons. The molecule has 0 atom stereocenters. The number of hydrogen-bond donors (Lipinski definition) is 1. The van der Waals surface area contributed by atoms with Crippen LogP contribution in [0.3, 0.4) is 0 Å². The zero-order valence-electron chi connectivity index (χ0n) is 12.6. The number of aryl methyl sites for hydroxylation is 3. The lowest BCUT2D eigenvalue weighted by Crippen LogP contribution is -2.08. The highest BCUT2D eigenvalue weighted by atomic mass is 79.9. The second kappa shape index (κ2) is 6.10. The van der Waals surface area contributed by atoms with E-state index in [-0.39, 0.29) is 0 Å². The fraction of sp³-hybridized carbons (Fsp3) is 0.438. The molecular formula is C16H22BrN3. The molecule has 0 saturated carbocycles. The number of nitrogens with zero attached hydrogens (tertiary/aromatic N) is 2. The predicted octanol–water partition coefficient (Wildman–Crippen LogP) is 3.35. The molecule has 1 aromatic heterocycles. The molecule has 0 spiro atoms. The number of benzene rings is 1. The van der Waals surface area contributed by atoms with Gasteiger partial charge in [-0.25, -0.2) is 4.98 Å². The van der Waals surface area contributed by atoms with E-state index >= 15 is 0 Å². The fourth-order valence-corrected chi connectivity index (χ4v) is 3.52. The molecule has 0 saturated heterocycles. The van der Waals surface area contributed by atoms with Gasteiger partial charge in [0.05, 0.1) is 12.2 Å². The summed E-state index contributed by atoms with van der Waals surface area (Å²) < 4.78 is 3.02. The third-order valence-corrected chi connectivity index (χ3v) is 4.53. The Labute approximate surface area is 129 Å². The van der Waals surface area contributed by atoms with Gasteiger partial charge >= 0.3 is 0 Å². The van der Waals surface area contributed by atoms with Gasteiger partial charge in [-0.15, -0.1) is 0 Å². The molecule has 2 rings (SSSR count). The first-order valence-corrected chi connectivity index (χ1v) is 7.70. The van der Waals surface area contributed by atoms with Crippen molar-refractivity contribution >= 4 is 15.9 Å². The maximum atomic E-state index is 5.70. The number of hydrogen-bond acceptors (Lipinski definition) is 2. The van der Waals surface area contributed by atoms with Crippen LogP contribution in [0.4, 0.5) is 0 Å². The molecule has 0 aliphatic heterocycles. The van der Waals surface area contributed by atoms with Crippen LogP contribution in [-0.4, -0.2) is 9.55 Å². The third kappa shape index (κ3) is 2.96. The second-order valence-corrected chi connectivity index (χ2v) is 6.16. The molecule has 2 aromatic rings. The van der Waals surface area contributed by atoms with Crippen LogP contribution in [0.5, 0.6) is 0 Å². The molecule has 0 amide bonds. The van der Waals surface area contributed by atoms with E-state index in [0.29, 0.717) is 6.54 Å². The topological polar surface area (TPSA) is 43.8 Å². The Bertz CT molecular complexity index is 606. The van der Waals surface area contributed by atoms with Gasteiger partial charge in [0, 0.05) is 7.05 Å². The summed E-state index contributed by atoms with van der Waals surface area (Å²) in [7, 11) is 2.03. The molecule has 20 heavy (non-hydrogen) atoms. The minimum absolute atomic E-state index is 0.470. The van der Waals surface area contributed by atoms with Crippen molar-refractivity contribution in [1.82, 2.24) is 9.55 Å². The molecular weight excluding hydrogens is 314 g/mol. The average Bonchev–Trinajstić information content (AvgIpc) is 2.64. The number of rotatable bonds is 4. The molecule has 2 N–H and O–H groups in total. The van der Waals surface area contributed by atoms with Gasteiger partial charge in [-0.05, 0) is 66.2 Å². The summed E-state index contributed by atoms with van der Waals surface area (Å²) in [5.41, 5.74) is 12.4. The zero-order chi connectivity index (χ0) is 14.9. The van der Waals surface area contributed by atoms with Crippen molar-refractivity contribution in [2.24, 2.45) is 12.8 Å². The molecule has 4 heteroatoms. The quantitative estimate of drug-likeness (QED) is 0.930. The first-order valence-electron chi connectivity index (χ1n) is 6.90. The van der Waals surface area contributed by atoms with Crippen LogP contribution in [0.15, 0.2) is 16.7 Å². The van der Waals surface area contributed by atoms with Crippen LogP contribution >= 0.6 is 15.9 Å². The summed E-state index contributed by atoms with van der Waals surface area (Å²) >= 11 is 3.54. The first-order chi connectivity index (χ1) is 9.43. The Balaban J connectivity index is 2.24. The monoisotopic (exact) mass is 335 g/mol. The normalized spacial score (nSPS) is 11.1. The molecule has 3 nitrogen and oxygen atoms in total. The average molecular weight is 336 g/mol. The van der Waals surface area contributed by atoms with E-state index in [1.165, 1.54) is 27.9 Å². The Morgan fingerprint density at radius 2 is 1.75 bits per heavy atom. The van der Waals surface area contributed by atoms with Gasteiger partial charge in [0.2, 0.25) is 0 Å². The van der Waals surface area contributed by atoms with Gasteiger partial charge in [-0.3, -0.25) is 0 Å². The lowest BCUT2D eigenvalue weighted by atomic mass is 9.96. The van der Waals surface area contributed by atoms with Gasteiger partial charge in [-0.1, -0.05) is 17.7 Å². The maximum absolute atomic E-state index is 5.70.